The Morgan fingerprint density at radius 2 is 1.35 bits per heavy atom. The molecule has 0 aliphatic carbocycles. The molecule has 11 heteroatoms. The number of halogens is 3. The Bertz CT molecular complexity index is 1450. The lowest BCUT2D eigenvalue weighted by Gasteiger charge is -2.40. The molecule has 1 N–H and O–H groups in total. The lowest BCUT2D eigenvalue weighted by molar-refractivity contribution is -0.141. The second-order valence-electron chi connectivity index (χ2n) is 9.40. The van der Waals surface area contributed by atoms with Crippen LogP contribution >= 0.6 is 0 Å². The number of benzene rings is 3. The number of aldehydes is 1. The van der Waals surface area contributed by atoms with Crippen LogP contribution in [0.25, 0.3) is 0 Å². The van der Waals surface area contributed by atoms with Gasteiger partial charge in [-0.15, -0.1) is 0 Å². The molecule has 0 bridgehead atoms. The van der Waals surface area contributed by atoms with Gasteiger partial charge in [0.25, 0.3) is 0 Å². The van der Waals surface area contributed by atoms with Crippen molar-refractivity contribution in [3.63, 3.8) is 0 Å². The normalized spacial score (nSPS) is 13.1. The zero-order chi connectivity index (χ0) is 29.0. The molecule has 4 aromatic rings. The van der Waals surface area contributed by atoms with E-state index in [1.165, 1.54) is 7.05 Å². The Hall–Kier alpha value is -3.96. The van der Waals surface area contributed by atoms with Crippen molar-refractivity contribution in [2.75, 3.05) is 18.6 Å². The molecule has 0 fully saturated rings. The Balaban J connectivity index is 1.84. The number of alkyl halides is 3. The van der Waals surface area contributed by atoms with Crippen molar-refractivity contribution in [3.05, 3.63) is 119 Å². The number of nitrogens with zero attached hydrogens (tertiary/aromatic N) is 2. The van der Waals surface area contributed by atoms with Crippen molar-refractivity contribution in [1.82, 2.24) is 15.1 Å². The van der Waals surface area contributed by atoms with Crippen molar-refractivity contribution in [3.8, 4) is 5.88 Å². The largest absolute Gasteiger partial charge is 0.476 e. The molecule has 1 aromatic heterocycles. The number of hydrogen-bond donors (Lipinski definition) is 1. The molecule has 3 aromatic carbocycles. The van der Waals surface area contributed by atoms with Crippen molar-refractivity contribution >= 4 is 16.1 Å². The lowest BCUT2D eigenvalue weighted by Crippen LogP contribution is -2.54. The smallest absolute Gasteiger partial charge is 0.436 e. The molecule has 4 rings (SSSR count). The molecule has 0 spiro atoms. The molecule has 0 aliphatic rings. The number of nitrogens with one attached hydrogen (secondary N) is 1. The van der Waals surface area contributed by atoms with Crippen LogP contribution in [0.4, 0.5) is 13.2 Å². The highest BCUT2D eigenvalue weighted by molar-refractivity contribution is 7.90. The molecule has 0 aliphatic heterocycles. The van der Waals surface area contributed by atoms with Crippen molar-refractivity contribution in [1.29, 1.82) is 0 Å². The second-order valence-corrected chi connectivity index (χ2v) is 11.6. The predicted molar refractivity (Wildman–Crippen MR) is 145 cm³/mol. The van der Waals surface area contributed by atoms with Gasteiger partial charge in [0, 0.05) is 13.3 Å². The van der Waals surface area contributed by atoms with E-state index in [0.29, 0.717) is 0 Å². The van der Waals surface area contributed by atoms with Gasteiger partial charge in [-0.1, -0.05) is 91.0 Å². The fourth-order valence-corrected chi connectivity index (χ4v) is 5.72. The highest BCUT2D eigenvalue weighted by Crippen LogP contribution is 2.38. The monoisotopic (exact) mass is 571 g/mol. The summed E-state index contributed by atoms with van der Waals surface area (Å²) in [5.74, 6) is -0.811. The van der Waals surface area contributed by atoms with E-state index in [2.05, 4.69) is 10.4 Å². The van der Waals surface area contributed by atoms with E-state index in [-0.39, 0.29) is 12.9 Å². The van der Waals surface area contributed by atoms with Crippen LogP contribution in [0, 0.1) is 0 Å². The SMILES string of the molecule is Cn1nc(C(F)(F)F)c(C=O)c1OCC(CS(C)(=O)=O)NC(c1ccccc1)(c1ccccc1)c1ccccc1. The third kappa shape index (κ3) is 6.26. The van der Waals surface area contributed by atoms with Gasteiger partial charge >= 0.3 is 6.18 Å². The van der Waals surface area contributed by atoms with Crippen LogP contribution in [0.15, 0.2) is 91.0 Å². The zero-order valence-corrected chi connectivity index (χ0v) is 22.6. The van der Waals surface area contributed by atoms with Gasteiger partial charge in [0.1, 0.15) is 22.0 Å². The number of hydrogen-bond acceptors (Lipinski definition) is 6. The Morgan fingerprint density at radius 1 is 0.900 bits per heavy atom. The first kappa shape index (κ1) is 29.0. The topological polar surface area (TPSA) is 90.3 Å². The molecule has 1 heterocycles. The van der Waals surface area contributed by atoms with Crippen molar-refractivity contribution in [2.24, 2.45) is 7.05 Å². The summed E-state index contributed by atoms with van der Waals surface area (Å²) in [5, 5.41) is 6.91. The summed E-state index contributed by atoms with van der Waals surface area (Å²) < 4.78 is 72.0. The molecule has 7 nitrogen and oxygen atoms in total. The number of rotatable bonds is 11. The van der Waals surface area contributed by atoms with E-state index in [9.17, 15) is 26.4 Å². The molecule has 40 heavy (non-hydrogen) atoms. The van der Waals surface area contributed by atoms with Crippen LogP contribution < -0.4 is 10.1 Å². The Labute approximate surface area is 230 Å². The summed E-state index contributed by atoms with van der Waals surface area (Å²) in [6.07, 6.45) is -3.77. The third-order valence-corrected chi connectivity index (χ3v) is 7.39. The number of sulfone groups is 1. The maximum absolute atomic E-state index is 13.5. The number of carbonyl (C=O) groups excluding carboxylic acids is 1. The zero-order valence-electron chi connectivity index (χ0n) is 21.8. The third-order valence-electron chi connectivity index (χ3n) is 6.38. The van der Waals surface area contributed by atoms with E-state index < -0.39 is 50.5 Å². The average molecular weight is 572 g/mol. The molecule has 0 amide bonds. The summed E-state index contributed by atoms with van der Waals surface area (Å²) in [6, 6.07) is 27.3. The summed E-state index contributed by atoms with van der Waals surface area (Å²) in [5.41, 5.74) is -0.786. The first-order chi connectivity index (χ1) is 19.0. The van der Waals surface area contributed by atoms with E-state index in [4.69, 9.17) is 4.74 Å². The minimum atomic E-state index is -4.87. The van der Waals surface area contributed by atoms with Gasteiger partial charge < -0.3 is 4.74 Å². The fourth-order valence-electron chi connectivity index (χ4n) is 4.81. The molecule has 0 radical (unpaired) electrons. The molecule has 1 atom stereocenters. The minimum absolute atomic E-state index is 0.0341. The van der Waals surface area contributed by atoms with E-state index in [0.717, 1.165) is 27.6 Å². The van der Waals surface area contributed by atoms with Gasteiger partial charge in [-0.3, -0.25) is 10.1 Å². The quantitative estimate of drug-likeness (QED) is 0.209. The summed E-state index contributed by atoms with van der Waals surface area (Å²) >= 11 is 0. The molecule has 0 saturated heterocycles. The number of ether oxygens (including phenoxy) is 1. The Kier molecular flexibility index (Phi) is 8.45. The van der Waals surface area contributed by atoms with Crippen molar-refractivity contribution in [2.45, 2.75) is 17.8 Å². The van der Waals surface area contributed by atoms with Crippen molar-refractivity contribution < 1.29 is 31.1 Å². The first-order valence-corrected chi connectivity index (χ1v) is 14.4. The fraction of sp³-hybridized carbons (Fsp3) is 0.241. The summed E-state index contributed by atoms with van der Waals surface area (Å²) in [7, 11) is -2.38. The molecule has 210 valence electrons. The van der Waals surface area contributed by atoms with Crippen LogP contribution in [0.3, 0.4) is 0 Å². The number of aryl methyl sites for hydroxylation is 1. The van der Waals surface area contributed by atoms with Crippen LogP contribution in [-0.4, -0.2) is 49.1 Å². The van der Waals surface area contributed by atoms with E-state index in [1.54, 1.807) is 0 Å². The van der Waals surface area contributed by atoms with Gasteiger partial charge in [0.05, 0.1) is 17.3 Å². The van der Waals surface area contributed by atoms with Gasteiger partial charge in [0.2, 0.25) is 5.88 Å². The van der Waals surface area contributed by atoms with Gasteiger partial charge in [-0.05, 0) is 16.7 Å². The highest BCUT2D eigenvalue weighted by Gasteiger charge is 2.41. The van der Waals surface area contributed by atoms with Crippen LogP contribution in [-0.2, 0) is 28.6 Å². The van der Waals surface area contributed by atoms with Gasteiger partial charge in [-0.25, -0.2) is 13.1 Å². The summed E-state index contributed by atoms with van der Waals surface area (Å²) in [4.78, 5) is 11.6. The van der Waals surface area contributed by atoms with E-state index >= 15 is 0 Å². The van der Waals surface area contributed by atoms with Crippen LogP contribution in [0.2, 0.25) is 0 Å². The maximum atomic E-state index is 13.5. The number of aromatic nitrogens is 2. The summed E-state index contributed by atoms with van der Waals surface area (Å²) in [6.45, 7) is -0.376. The van der Waals surface area contributed by atoms with E-state index in [1.807, 2.05) is 91.0 Å². The van der Waals surface area contributed by atoms with Crippen LogP contribution in [0.5, 0.6) is 5.88 Å². The first-order valence-electron chi connectivity index (χ1n) is 12.3. The van der Waals surface area contributed by atoms with Crippen LogP contribution in [0.1, 0.15) is 32.7 Å². The number of carbonyl (C=O) groups is 1. The standard InChI is InChI=1S/C29H28F3N3O4S/c1-35-27(25(18-36)26(34-35)29(30,31)32)39-19-24(20-40(2,37)38)33-28(21-12-6-3-7-13-21,22-14-8-4-9-15-22)23-16-10-5-11-17-23/h3-18,24,33H,19-20H2,1-2H3. The minimum Gasteiger partial charge on any atom is -0.476 e. The maximum Gasteiger partial charge on any atom is 0.436 e. The molecule has 0 saturated carbocycles. The lowest BCUT2D eigenvalue weighted by atomic mass is 9.76. The van der Waals surface area contributed by atoms with Gasteiger partial charge in [-0.2, -0.15) is 18.3 Å². The average Bonchev–Trinajstić information content (AvgIpc) is 3.26. The molecular weight excluding hydrogens is 543 g/mol. The van der Waals surface area contributed by atoms with Gasteiger partial charge in [0.15, 0.2) is 12.0 Å². The second kappa shape index (κ2) is 11.6. The molecule has 1 unspecified atom stereocenters. The highest BCUT2D eigenvalue weighted by atomic mass is 32.2. The predicted octanol–water partition coefficient (Wildman–Crippen LogP) is 4.63. The Morgan fingerprint density at radius 3 is 1.73 bits per heavy atom. The molecular formula is C29H28F3N3O4S.